The number of methoxy groups -OCH3 is 1. The summed E-state index contributed by atoms with van der Waals surface area (Å²) in [6, 6.07) is 9.44. The molecule has 152 valence electrons. The van der Waals surface area contributed by atoms with Crippen molar-refractivity contribution in [1.82, 2.24) is 4.90 Å². The molecule has 1 amide bonds. The van der Waals surface area contributed by atoms with E-state index in [0.29, 0.717) is 23.7 Å². The van der Waals surface area contributed by atoms with Crippen molar-refractivity contribution in [2.45, 2.75) is 13.0 Å². The molecule has 0 spiro atoms. The Bertz CT molecular complexity index is 958. The Labute approximate surface area is 168 Å². The fraction of sp³-hybridized carbons (Fsp3) is 0.273. The molecule has 1 unspecified atom stereocenters. The fourth-order valence-corrected chi connectivity index (χ4v) is 3.27. The molecule has 2 heterocycles. The number of aliphatic hydroxyl groups excluding tert-OH is 1. The summed E-state index contributed by atoms with van der Waals surface area (Å²) in [6.07, 6.45) is 1.62. The minimum atomic E-state index is -0.789. The molecule has 0 fully saturated rings. The summed E-state index contributed by atoms with van der Waals surface area (Å²) < 4.78 is 16.1. The van der Waals surface area contributed by atoms with Crippen LogP contribution >= 0.6 is 0 Å². The second kappa shape index (κ2) is 8.79. The third-order valence-corrected chi connectivity index (χ3v) is 4.59. The summed E-state index contributed by atoms with van der Waals surface area (Å²) in [5.41, 5.74) is 0.605. The highest BCUT2D eigenvalue weighted by Gasteiger charge is 2.44. The van der Waals surface area contributed by atoms with Crippen LogP contribution < -0.4 is 4.74 Å². The number of ketones is 1. The van der Waals surface area contributed by atoms with E-state index in [1.807, 2.05) is 0 Å². The second-order valence-corrected chi connectivity index (χ2v) is 6.57. The Morgan fingerprint density at radius 2 is 2.14 bits per heavy atom. The number of aliphatic hydroxyl groups is 1. The predicted molar refractivity (Wildman–Crippen MR) is 106 cm³/mol. The third kappa shape index (κ3) is 4.09. The zero-order valence-corrected chi connectivity index (χ0v) is 16.4. The number of carbonyl (C=O) groups excluding carboxylic acids is 2. The van der Waals surface area contributed by atoms with Crippen LogP contribution in [0.2, 0.25) is 0 Å². The minimum absolute atomic E-state index is 0.0266. The zero-order chi connectivity index (χ0) is 21.0. The van der Waals surface area contributed by atoms with Gasteiger partial charge in [0.1, 0.15) is 18.1 Å². The van der Waals surface area contributed by atoms with Crippen LogP contribution in [0.25, 0.3) is 0 Å². The van der Waals surface area contributed by atoms with E-state index >= 15 is 0 Å². The minimum Gasteiger partial charge on any atom is -0.503 e. The van der Waals surface area contributed by atoms with Gasteiger partial charge in [-0.15, -0.1) is 0 Å². The molecule has 29 heavy (non-hydrogen) atoms. The highest BCUT2D eigenvalue weighted by molar-refractivity contribution is 6.15. The van der Waals surface area contributed by atoms with Gasteiger partial charge in [-0.1, -0.05) is 24.8 Å². The largest absolute Gasteiger partial charge is 0.503 e. The molecule has 0 radical (unpaired) electrons. The van der Waals surface area contributed by atoms with E-state index in [2.05, 4.69) is 6.58 Å². The lowest BCUT2D eigenvalue weighted by Gasteiger charge is -2.26. The summed E-state index contributed by atoms with van der Waals surface area (Å²) in [5.74, 6) is -0.557. The number of aryl methyl sites for hydroxylation is 1. The quantitative estimate of drug-likeness (QED) is 0.515. The summed E-state index contributed by atoms with van der Waals surface area (Å²) >= 11 is 0. The van der Waals surface area contributed by atoms with Crippen molar-refractivity contribution >= 4 is 11.7 Å². The number of Topliss-reactive ketones (excluding diaryl/α,β-unsaturated/α-hetero) is 1. The Kier molecular flexibility index (Phi) is 6.19. The van der Waals surface area contributed by atoms with Gasteiger partial charge < -0.3 is 23.9 Å². The maximum absolute atomic E-state index is 13.1. The van der Waals surface area contributed by atoms with Gasteiger partial charge >= 0.3 is 0 Å². The van der Waals surface area contributed by atoms with Crippen LogP contribution in [0.4, 0.5) is 0 Å². The molecule has 0 saturated carbocycles. The molecule has 1 aromatic carbocycles. The molecule has 3 rings (SSSR count). The summed E-state index contributed by atoms with van der Waals surface area (Å²) in [7, 11) is 1.52. The van der Waals surface area contributed by atoms with Crippen LogP contribution in [0.5, 0.6) is 5.75 Å². The summed E-state index contributed by atoms with van der Waals surface area (Å²) in [4.78, 5) is 27.3. The fourth-order valence-electron chi connectivity index (χ4n) is 3.27. The van der Waals surface area contributed by atoms with Crippen molar-refractivity contribution in [3.05, 3.63) is 77.5 Å². The van der Waals surface area contributed by atoms with Gasteiger partial charge in [0.2, 0.25) is 5.78 Å². The lowest BCUT2D eigenvalue weighted by molar-refractivity contribution is -0.130. The summed E-state index contributed by atoms with van der Waals surface area (Å²) in [5, 5.41) is 10.5. The van der Waals surface area contributed by atoms with Crippen molar-refractivity contribution < 1.29 is 28.6 Å². The highest BCUT2D eigenvalue weighted by atomic mass is 16.5. The van der Waals surface area contributed by atoms with E-state index in [4.69, 9.17) is 13.9 Å². The van der Waals surface area contributed by atoms with Gasteiger partial charge in [0.15, 0.2) is 11.5 Å². The first-order valence-corrected chi connectivity index (χ1v) is 9.15. The molecule has 0 saturated heterocycles. The van der Waals surface area contributed by atoms with Crippen molar-refractivity contribution in [1.29, 1.82) is 0 Å². The van der Waals surface area contributed by atoms with Gasteiger partial charge in [-0.05, 0) is 36.8 Å². The van der Waals surface area contributed by atoms with Crippen molar-refractivity contribution in [2.24, 2.45) is 0 Å². The molecule has 0 aliphatic carbocycles. The molecular formula is C22H23NO6. The number of benzene rings is 1. The first-order chi connectivity index (χ1) is 14.0. The van der Waals surface area contributed by atoms with Gasteiger partial charge in [0, 0.05) is 13.7 Å². The number of furan rings is 1. The topological polar surface area (TPSA) is 89.2 Å². The maximum atomic E-state index is 13.1. The number of rotatable bonds is 9. The van der Waals surface area contributed by atoms with Crippen LogP contribution in [0, 0.1) is 6.92 Å². The maximum Gasteiger partial charge on any atom is 0.290 e. The smallest absolute Gasteiger partial charge is 0.290 e. The molecule has 7 heteroatoms. The standard InChI is InChI=1S/C22H23NO6/c1-4-11-28-16-7-5-6-15(13-16)19-18(20(24)17-9-8-14(2)29-17)21(25)22(26)23(19)10-12-27-3/h4-9,13,19,25H,1,10-12H2,2-3H3. The average molecular weight is 397 g/mol. The van der Waals surface area contributed by atoms with Gasteiger partial charge in [-0.25, -0.2) is 0 Å². The van der Waals surface area contributed by atoms with Gasteiger partial charge in [-0.2, -0.15) is 0 Å². The molecule has 2 aromatic rings. The first kappa shape index (κ1) is 20.4. The molecule has 1 aromatic heterocycles. The predicted octanol–water partition coefficient (Wildman–Crippen LogP) is 3.38. The number of hydrogen-bond acceptors (Lipinski definition) is 6. The van der Waals surface area contributed by atoms with Crippen LogP contribution in [-0.4, -0.2) is 48.6 Å². The molecule has 7 nitrogen and oxygen atoms in total. The van der Waals surface area contributed by atoms with Crippen LogP contribution in [0.15, 0.2) is 64.8 Å². The number of carbonyl (C=O) groups is 2. The Balaban J connectivity index is 2.05. The number of amides is 1. The monoisotopic (exact) mass is 397 g/mol. The second-order valence-electron chi connectivity index (χ2n) is 6.57. The van der Waals surface area contributed by atoms with Crippen LogP contribution in [0.1, 0.15) is 27.9 Å². The zero-order valence-electron chi connectivity index (χ0n) is 16.4. The lowest BCUT2D eigenvalue weighted by atomic mass is 9.95. The SMILES string of the molecule is C=CCOc1cccc(C2C(C(=O)c3ccc(C)o3)=C(O)C(=O)N2CCOC)c1. The molecule has 1 aliphatic heterocycles. The molecular weight excluding hydrogens is 374 g/mol. The van der Waals surface area contributed by atoms with E-state index in [9.17, 15) is 14.7 Å². The molecule has 1 aliphatic rings. The van der Waals surface area contributed by atoms with Gasteiger partial charge in [-0.3, -0.25) is 9.59 Å². The molecule has 1 atom stereocenters. The number of ether oxygens (including phenoxy) is 2. The van der Waals surface area contributed by atoms with E-state index in [0.717, 1.165) is 0 Å². The van der Waals surface area contributed by atoms with E-state index in [1.54, 1.807) is 43.3 Å². The van der Waals surface area contributed by atoms with Gasteiger partial charge in [0.05, 0.1) is 18.2 Å². The Hall–Kier alpha value is -3.32. The van der Waals surface area contributed by atoms with Crippen molar-refractivity contribution in [3.63, 3.8) is 0 Å². The normalized spacial score (nSPS) is 16.4. The molecule has 1 N–H and O–H groups in total. The van der Waals surface area contributed by atoms with Crippen LogP contribution in [0.3, 0.4) is 0 Å². The molecule has 0 bridgehead atoms. The Morgan fingerprint density at radius 3 is 2.79 bits per heavy atom. The van der Waals surface area contributed by atoms with Gasteiger partial charge in [0.25, 0.3) is 5.91 Å². The number of hydrogen-bond donors (Lipinski definition) is 1. The lowest BCUT2D eigenvalue weighted by Crippen LogP contribution is -2.34. The Morgan fingerprint density at radius 1 is 1.34 bits per heavy atom. The van der Waals surface area contributed by atoms with E-state index in [-0.39, 0.29) is 24.5 Å². The van der Waals surface area contributed by atoms with Crippen molar-refractivity contribution in [2.75, 3.05) is 26.9 Å². The summed E-state index contributed by atoms with van der Waals surface area (Å²) in [6.45, 7) is 6.12. The average Bonchev–Trinajstić information content (AvgIpc) is 3.26. The van der Waals surface area contributed by atoms with E-state index < -0.39 is 23.5 Å². The van der Waals surface area contributed by atoms with Crippen molar-refractivity contribution in [3.8, 4) is 5.75 Å². The van der Waals surface area contributed by atoms with Crippen LogP contribution in [-0.2, 0) is 9.53 Å². The number of nitrogens with zero attached hydrogens (tertiary/aromatic N) is 1. The van der Waals surface area contributed by atoms with E-state index in [1.165, 1.54) is 18.1 Å². The third-order valence-electron chi connectivity index (χ3n) is 4.59. The highest BCUT2D eigenvalue weighted by Crippen LogP contribution is 2.39. The first-order valence-electron chi connectivity index (χ1n) is 9.15.